The average Bonchev–Trinajstić information content (AvgIpc) is 3.42. The lowest BCUT2D eigenvalue weighted by Crippen LogP contribution is -2.48. The molecule has 1 unspecified atom stereocenters. The van der Waals surface area contributed by atoms with Crippen molar-refractivity contribution in [2.24, 2.45) is 5.92 Å². The van der Waals surface area contributed by atoms with Gasteiger partial charge in [-0.25, -0.2) is 19.3 Å². The van der Waals surface area contributed by atoms with E-state index in [1.165, 1.54) is 0 Å². The van der Waals surface area contributed by atoms with Gasteiger partial charge in [0, 0.05) is 5.92 Å². The number of phosphoric acid groups is 1. The van der Waals surface area contributed by atoms with Crippen molar-refractivity contribution in [2.75, 3.05) is 20.1 Å². The van der Waals surface area contributed by atoms with Crippen molar-refractivity contribution in [2.45, 2.75) is 64.5 Å². The molecular weight excluding hydrogens is 637 g/mol. The Bertz CT molecular complexity index is 1490. The maximum atomic E-state index is 13.4. The number of alkyl carbamates (subject to hydrolysis) is 1. The van der Waals surface area contributed by atoms with Crippen molar-refractivity contribution in [1.29, 1.82) is 0 Å². The number of rotatable bonds is 20. The lowest BCUT2D eigenvalue weighted by Gasteiger charge is -2.32. The maximum Gasteiger partial charge on any atom is 0.474 e. The number of amides is 3. The van der Waals surface area contributed by atoms with E-state index in [9.17, 15) is 23.8 Å². The molecule has 3 amide bonds. The van der Waals surface area contributed by atoms with Crippen LogP contribution in [0.5, 0.6) is 0 Å². The molecule has 48 heavy (non-hydrogen) atoms. The Morgan fingerprint density at radius 3 is 2.19 bits per heavy atom. The molecular formula is C35H44N3O9P. The number of hydrogen-bond acceptors (Lipinski definition) is 8. The molecule has 0 spiro atoms. The monoisotopic (exact) mass is 681 g/mol. The van der Waals surface area contributed by atoms with Gasteiger partial charge in [0.05, 0.1) is 25.2 Å². The second kappa shape index (κ2) is 18.5. The number of nitrogens with zero attached hydrogens (tertiary/aromatic N) is 1. The maximum absolute atomic E-state index is 13.4. The third-order valence-corrected chi connectivity index (χ3v) is 9.15. The first-order valence-electron chi connectivity index (χ1n) is 16.2. The molecule has 3 aromatic carbocycles. The zero-order valence-electron chi connectivity index (χ0n) is 27.3. The topological polar surface area (TPSA) is 153 Å². The van der Waals surface area contributed by atoms with Crippen molar-refractivity contribution in [3.8, 4) is 11.1 Å². The summed E-state index contributed by atoms with van der Waals surface area (Å²) < 4.78 is 27.8. The number of ether oxygens (including phenoxy) is 1. The van der Waals surface area contributed by atoms with Crippen LogP contribution in [-0.4, -0.2) is 54.5 Å². The Labute approximate surface area is 281 Å². The van der Waals surface area contributed by atoms with Gasteiger partial charge in [-0.1, -0.05) is 112 Å². The number of unbranched alkanes of at least 4 members (excludes halogenated alkanes) is 2. The van der Waals surface area contributed by atoms with E-state index in [2.05, 4.69) is 22.8 Å². The zero-order chi connectivity index (χ0) is 34.4. The van der Waals surface area contributed by atoms with Crippen LogP contribution in [0.4, 0.5) is 4.79 Å². The third kappa shape index (κ3) is 10.2. The Kier molecular flexibility index (Phi) is 14.2. The molecule has 0 radical (unpaired) electrons. The summed E-state index contributed by atoms with van der Waals surface area (Å²) in [6, 6.07) is 24.1. The second-order valence-electron chi connectivity index (χ2n) is 11.4. The number of nitrogens with one attached hydrogen (secondary N) is 2. The lowest BCUT2D eigenvalue weighted by atomic mass is 9.90. The van der Waals surface area contributed by atoms with Gasteiger partial charge in [-0.05, 0) is 40.7 Å². The Morgan fingerprint density at radius 2 is 1.56 bits per heavy atom. The van der Waals surface area contributed by atoms with Crippen LogP contribution < -0.4 is 10.6 Å². The molecule has 1 aliphatic carbocycles. The summed E-state index contributed by atoms with van der Waals surface area (Å²) in [7, 11) is -4.50. The van der Waals surface area contributed by atoms with Crippen LogP contribution in [0, 0.1) is 5.92 Å². The largest absolute Gasteiger partial charge is 0.474 e. The number of phosphoric ester groups is 1. The number of fused-ring (bicyclic) bond motifs is 3. The summed E-state index contributed by atoms with van der Waals surface area (Å²) in [5.74, 6) is -1.20. The van der Waals surface area contributed by atoms with Gasteiger partial charge >= 0.3 is 13.9 Å². The van der Waals surface area contributed by atoms with Crippen molar-refractivity contribution < 1.29 is 42.5 Å². The summed E-state index contributed by atoms with van der Waals surface area (Å²) >= 11 is 0. The fourth-order valence-electron chi connectivity index (χ4n) is 5.86. The molecule has 0 saturated carbocycles. The Balaban J connectivity index is 1.28. The van der Waals surface area contributed by atoms with Gasteiger partial charge in [0.25, 0.3) is 0 Å². The first kappa shape index (κ1) is 36.8. The highest BCUT2D eigenvalue weighted by Gasteiger charge is 2.33. The van der Waals surface area contributed by atoms with E-state index >= 15 is 0 Å². The minimum atomic E-state index is -4.50. The van der Waals surface area contributed by atoms with E-state index in [0.717, 1.165) is 40.2 Å². The average molecular weight is 682 g/mol. The predicted octanol–water partition coefficient (Wildman–Crippen LogP) is 6.26. The number of hydrogen-bond donors (Lipinski definition) is 3. The number of carbonyl (C=O) groups excluding carboxylic acids is 3. The molecule has 12 nitrogen and oxygen atoms in total. The quantitative estimate of drug-likeness (QED) is 0.0413. The Hall–Kier alpha value is -4.06. The van der Waals surface area contributed by atoms with Crippen LogP contribution in [-0.2, 0) is 39.4 Å². The molecule has 0 heterocycles. The van der Waals surface area contributed by atoms with Crippen molar-refractivity contribution in [1.82, 2.24) is 15.7 Å². The van der Waals surface area contributed by atoms with Gasteiger partial charge in [-0.2, -0.15) is 0 Å². The smallest absolute Gasteiger partial charge is 0.449 e. The van der Waals surface area contributed by atoms with Gasteiger partial charge in [-0.3, -0.25) is 18.6 Å². The van der Waals surface area contributed by atoms with Crippen LogP contribution in [0.25, 0.3) is 11.1 Å². The number of carbonyl (C=O) groups is 3. The van der Waals surface area contributed by atoms with E-state index in [4.69, 9.17) is 18.6 Å². The Morgan fingerprint density at radius 1 is 0.917 bits per heavy atom. The van der Waals surface area contributed by atoms with Gasteiger partial charge in [0.1, 0.15) is 6.61 Å². The molecule has 0 aliphatic heterocycles. The second-order valence-corrected chi connectivity index (χ2v) is 12.8. The highest BCUT2D eigenvalue weighted by molar-refractivity contribution is 7.47. The SMILES string of the molecule is CCCCC[C@@H](C(=O)NCNC(=O)OCC1c2ccccc2-c2ccccc21)[C@@H](CC)N(C=O)OCOP(=O)(O)OCc1ccccc1. The van der Waals surface area contributed by atoms with Crippen LogP contribution in [0.1, 0.15) is 68.6 Å². The molecule has 258 valence electrons. The van der Waals surface area contributed by atoms with Gasteiger partial charge in [-0.15, -0.1) is 0 Å². The summed E-state index contributed by atoms with van der Waals surface area (Å²) in [5, 5.41) is 6.23. The molecule has 0 saturated heterocycles. The van der Waals surface area contributed by atoms with E-state index in [-0.39, 0.29) is 25.8 Å². The standard InChI is InChI=1S/C35H44N3O9P/c1-3-5-7-20-31(33(4-2)38(24-39)45-25-47-48(42,43)46-21-26-14-8-6-9-15-26)34(40)36-23-37-35(41)44-22-32-29-18-12-10-16-27(29)28-17-11-13-19-30(28)32/h6,8-19,24,31-33H,3-5,7,20-23,25H2,1-2H3,(H,36,40)(H,37,41)(H,42,43)/t31-,33-/m1/s1. The van der Waals surface area contributed by atoms with E-state index in [1.807, 2.05) is 43.3 Å². The molecule has 3 N–H and O–H groups in total. The summed E-state index contributed by atoms with van der Waals surface area (Å²) in [5.41, 5.74) is 5.10. The summed E-state index contributed by atoms with van der Waals surface area (Å²) in [4.78, 5) is 53.5. The molecule has 13 heteroatoms. The van der Waals surface area contributed by atoms with Gasteiger partial charge in [0.2, 0.25) is 12.3 Å². The lowest BCUT2D eigenvalue weighted by molar-refractivity contribution is -0.221. The fourth-order valence-corrected chi connectivity index (χ4v) is 6.43. The first-order chi connectivity index (χ1) is 23.3. The van der Waals surface area contributed by atoms with Crippen molar-refractivity contribution >= 4 is 26.2 Å². The minimum absolute atomic E-state index is 0.0977. The molecule has 0 fully saturated rings. The molecule has 3 aromatic rings. The molecule has 0 bridgehead atoms. The normalized spacial score (nSPS) is 14.6. The molecule has 1 aliphatic rings. The van der Waals surface area contributed by atoms with Crippen LogP contribution in [0.3, 0.4) is 0 Å². The zero-order valence-corrected chi connectivity index (χ0v) is 28.2. The third-order valence-electron chi connectivity index (χ3n) is 8.26. The van der Waals surface area contributed by atoms with Crippen LogP contribution in [0.15, 0.2) is 78.9 Å². The van der Waals surface area contributed by atoms with E-state index < -0.39 is 38.6 Å². The fraction of sp³-hybridized carbons (Fsp3) is 0.400. The van der Waals surface area contributed by atoms with Crippen molar-refractivity contribution in [3.63, 3.8) is 0 Å². The van der Waals surface area contributed by atoms with E-state index in [1.54, 1.807) is 37.3 Å². The number of benzene rings is 3. The summed E-state index contributed by atoms with van der Waals surface area (Å²) in [6.45, 7) is 2.86. The highest BCUT2D eigenvalue weighted by Crippen LogP contribution is 2.45. The van der Waals surface area contributed by atoms with Crippen LogP contribution >= 0.6 is 7.82 Å². The molecule has 0 aromatic heterocycles. The predicted molar refractivity (Wildman–Crippen MR) is 179 cm³/mol. The summed E-state index contributed by atoms with van der Waals surface area (Å²) in [6.07, 6.45) is 3.01. The van der Waals surface area contributed by atoms with Crippen molar-refractivity contribution in [3.05, 3.63) is 95.6 Å². The molecule has 3 atom stereocenters. The minimum Gasteiger partial charge on any atom is -0.449 e. The highest BCUT2D eigenvalue weighted by atomic mass is 31.2. The van der Waals surface area contributed by atoms with Gasteiger partial charge < -0.3 is 20.3 Å². The first-order valence-corrected chi connectivity index (χ1v) is 17.7. The number of hydroxylamine groups is 2. The van der Waals surface area contributed by atoms with E-state index in [0.29, 0.717) is 31.2 Å². The van der Waals surface area contributed by atoms with Crippen LogP contribution in [0.2, 0.25) is 0 Å². The van der Waals surface area contributed by atoms with Gasteiger partial charge in [0.15, 0.2) is 6.79 Å². The molecule has 4 rings (SSSR count).